The molecule has 0 N–H and O–H groups in total. The lowest BCUT2D eigenvalue weighted by Gasteiger charge is -2.37. The van der Waals surface area contributed by atoms with Crippen LogP contribution in [0, 0.1) is 5.41 Å². The second kappa shape index (κ2) is 8.69. The molecule has 0 spiro atoms. The molecule has 182 valence electrons. The summed E-state index contributed by atoms with van der Waals surface area (Å²) in [5.41, 5.74) is 1.38. The van der Waals surface area contributed by atoms with Gasteiger partial charge in [0.1, 0.15) is 5.75 Å². The summed E-state index contributed by atoms with van der Waals surface area (Å²) in [4.78, 5) is 26.5. The van der Waals surface area contributed by atoms with Crippen molar-refractivity contribution in [2.45, 2.75) is 52.9 Å². The van der Waals surface area contributed by atoms with Crippen molar-refractivity contribution in [1.29, 1.82) is 0 Å². The number of hydrogen-bond acceptors (Lipinski definition) is 5. The van der Waals surface area contributed by atoms with Crippen LogP contribution < -0.4 is 10.4 Å². The standard InChI is InChI=1S/C25H29FN2O5S/c1-5-16(2)27-22-11-18(23(29)13-25(4)14-34(31,32)15-25)9-10-21(22)28(24(27)30)19-7-6-8-20(12-19)33-17(3)26/h6-12,16-17H,5,13-15H2,1-4H3/t16-,17?/m0/s1. The molecule has 1 aliphatic rings. The molecule has 4 rings (SSSR count). The van der Waals surface area contributed by atoms with E-state index >= 15 is 0 Å². The topological polar surface area (TPSA) is 87.4 Å². The summed E-state index contributed by atoms with van der Waals surface area (Å²) in [6.07, 6.45) is -0.655. The van der Waals surface area contributed by atoms with E-state index in [0.717, 1.165) is 0 Å². The average molecular weight is 489 g/mol. The first-order valence-electron chi connectivity index (χ1n) is 11.3. The van der Waals surface area contributed by atoms with Gasteiger partial charge >= 0.3 is 5.69 Å². The van der Waals surface area contributed by atoms with E-state index in [4.69, 9.17) is 4.74 Å². The highest BCUT2D eigenvalue weighted by atomic mass is 32.2. The van der Waals surface area contributed by atoms with Gasteiger partial charge in [-0.2, -0.15) is 0 Å². The minimum Gasteiger partial charge on any atom is -0.461 e. The van der Waals surface area contributed by atoms with Gasteiger partial charge in [0, 0.05) is 36.4 Å². The number of rotatable bonds is 8. The van der Waals surface area contributed by atoms with E-state index in [1.165, 1.54) is 11.5 Å². The third-order valence-electron chi connectivity index (χ3n) is 6.33. The van der Waals surface area contributed by atoms with Crippen LogP contribution in [0.2, 0.25) is 0 Å². The zero-order valence-corrected chi connectivity index (χ0v) is 20.6. The number of nitrogens with zero attached hydrogens (tertiary/aromatic N) is 2. The predicted octanol–water partition coefficient (Wildman–Crippen LogP) is 4.47. The number of halogens is 1. The van der Waals surface area contributed by atoms with Crippen LogP contribution in [-0.4, -0.2) is 41.2 Å². The molecule has 34 heavy (non-hydrogen) atoms. The van der Waals surface area contributed by atoms with Crippen molar-refractivity contribution in [3.63, 3.8) is 0 Å². The molecule has 0 radical (unpaired) electrons. The number of aromatic nitrogens is 2. The number of alkyl halides is 1. The Morgan fingerprint density at radius 3 is 2.47 bits per heavy atom. The number of carbonyl (C=O) groups is 1. The van der Waals surface area contributed by atoms with Crippen LogP contribution in [0.5, 0.6) is 5.75 Å². The molecule has 1 aromatic heterocycles. The highest BCUT2D eigenvalue weighted by molar-refractivity contribution is 7.92. The average Bonchev–Trinajstić information content (AvgIpc) is 3.02. The van der Waals surface area contributed by atoms with Gasteiger partial charge in [-0.3, -0.25) is 13.9 Å². The first-order chi connectivity index (χ1) is 15.9. The van der Waals surface area contributed by atoms with Crippen molar-refractivity contribution in [2.24, 2.45) is 5.41 Å². The number of hydrogen-bond donors (Lipinski definition) is 0. The highest BCUT2D eigenvalue weighted by Crippen LogP contribution is 2.37. The number of ether oxygens (including phenoxy) is 1. The van der Waals surface area contributed by atoms with E-state index in [1.54, 1.807) is 47.0 Å². The first-order valence-corrected chi connectivity index (χ1v) is 13.2. The second-order valence-corrected chi connectivity index (χ2v) is 11.6. The first kappa shape index (κ1) is 24.2. The van der Waals surface area contributed by atoms with E-state index in [-0.39, 0.29) is 35.4 Å². The van der Waals surface area contributed by atoms with Gasteiger partial charge in [-0.25, -0.2) is 17.6 Å². The summed E-state index contributed by atoms with van der Waals surface area (Å²) in [7, 11) is -3.05. The summed E-state index contributed by atoms with van der Waals surface area (Å²) in [5.74, 6) is 0.178. The number of ketones is 1. The molecular weight excluding hydrogens is 459 g/mol. The molecule has 0 bridgehead atoms. The molecular formula is C25H29FN2O5S. The van der Waals surface area contributed by atoms with E-state index < -0.39 is 21.6 Å². The molecule has 0 amide bonds. The largest absolute Gasteiger partial charge is 0.461 e. The summed E-state index contributed by atoms with van der Waals surface area (Å²) >= 11 is 0. The molecule has 1 fully saturated rings. The van der Waals surface area contributed by atoms with E-state index in [2.05, 4.69) is 0 Å². The number of benzene rings is 2. The molecule has 3 aromatic rings. The molecule has 0 aliphatic carbocycles. The number of Topliss-reactive ketones (excluding diaryl/α,β-unsaturated/α-hetero) is 1. The summed E-state index contributed by atoms with van der Waals surface area (Å²) < 4.78 is 45.0. The molecule has 2 aromatic carbocycles. The van der Waals surface area contributed by atoms with Gasteiger partial charge in [0.05, 0.1) is 28.2 Å². The molecule has 0 saturated carbocycles. The normalized spacial score (nSPS) is 18.3. The molecule has 2 atom stereocenters. The van der Waals surface area contributed by atoms with Crippen LogP contribution in [-0.2, 0) is 9.84 Å². The molecule has 1 aliphatic heterocycles. The fourth-order valence-corrected chi connectivity index (χ4v) is 6.99. The van der Waals surface area contributed by atoms with Crippen LogP contribution in [0.4, 0.5) is 4.39 Å². The Bertz CT molecular complexity index is 1410. The quantitative estimate of drug-likeness (QED) is 0.437. The summed E-state index contributed by atoms with van der Waals surface area (Å²) in [6.45, 7) is 7.00. The molecule has 2 heterocycles. The Morgan fingerprint density at radius 1 is 1.15 bits per heavy atom. The van der Waals surface area contributed by atoms with E-state index in [9.17, 15) is 22.4 Å². The monoisotopic (exact) mass is 488 g/mol. The van der Waals surface area contributed by atoms with Crippen LogP contribution in [0.3, 0.4) is 0 Å². The Balaban J connectivity index is 1.80. The SMILES string of the molecule is CC[C@H](C)n1c(=O)n(-c2cccc(OC(C)F)c2)c2ccc(C(=O)CC3(C)CS(=O)(=O)C3)cc21. The lowest BCUT2D eigenvalue weighted by atomic mass is 9.86. The second-order valence-electron chi connectivity index (χ2n) is 9.55. The van der Waals surface area contributed by atoms with Crippen LogP contribution in [0.15, 0.2) is 47.3 Å². The predicted molar refractivity (Wildman–Crippen MR) is 129 cm³/mol. The number of carbonyl (C=O) groups excluding carboxylic acids is 1. The maximum absolute atomic E-state index is 13.5. The van der Waals surface area contributed by atoms with Crippen molar-refractivity contribution in [1.82, 2.24) is 9.13 Å². The molecule has 1 unspecified atom stereocenters. The fourth-order valence-electron chi connectivity index (χ4n) is 4.75. The summed E-state index contributed by atoms with van der Waals surface area (Å²) in [5, 5.41) is 0. The Hall–Kier alpha value is -2.94. The third kappa shape index (κ3) is 4.53. The van der Waals surface area contributed by atoms with Crippen LogP contribution in [0.1, 0.15) is 56.9 Å². The number of sulfone groups is 1. The van der Waals surface area contributed by atoms with Gasteiger partial charge in [0.15, 0.2) is 15.6 Å². The zero-order chi connectivity index (χ0) is 24.8. The van der Waals surface area contributed by atoms with Gasteiger partial charge in [0.2, 0.25) is 6.36 Å². The number of imidazole rings is 1. The molecule has 7 nitrogen and oxygen atoms in total. The van der Waals surface area contributed by atoms with Crippen molar-refractivity contribution in [3.05, 3.63) is 58.5 Å². The van der Waals surface area contributed by atoms with Crippen LogP contribution >= 0.6 is 0 Å². The van der Waals surface area contributed by atoms with Crippen molar-refractivity contribution < 1.29 is 22.3 Å². The Labute approximate surface area is 198 Å². The lowest BCUT2D eigenvalue weighted by Crippen LogP contribution is -2.47. The lowest BCUT2D eigenvalue weighted by molar-refractivity contribution is 0.0860. The number of fused-ring (bicyclic) bond motifs is 1. The minimum absolute atomic E-state index is 0.0118. The zero-order valence-electron chi connectivity index (χ0n) is 19.7. The third-order valence-corrected chi connectivity index (χ3v) is 8.60. The maximum Gasteiger partial charge on any atom is 0.333 e. The summed E-state index contributed by atoms with van der Waals surface area (Å²) in [6, 6.07) is 11.6. The van der Waals surface area contributed by atoms with Crippen molar-refractivity contribution in [3.8, 4) is 11.4 Å². The molecule has 1 saturated heterocycles. The highest BCUT2D eigenvalue weighted by Gasteiger charge is 2.45. The smallest absolute Gasteiger partial charge is 0.333 e. The fraction of sp³-hybridized carbons (Fsp3) is 0.440. The molecule has 9 heteroatoms. The van der Waals surface area contributed by atoms with Crippen LogP contribution in [0.25, 0.3) is 16.7 Å². The van der Waals surface area contributed by atoms with E-state index in [0.29, 0.717) is 34.5 Å². The minimum atomic E-state index is -3.05. The van der Waals surface area contributed by atoms with Gasteiger partial charge in [-0.15, -0.1) is 0 Å². The van der Waals surface area contributed by atoms with Crippen molar-refractivity contribution in [2.75, 3.05) is 11.5 Å². The van der Waals surface area contributed by atoms with Gasteiger partial charge in [0.25, 0.3) is 0 Å². The van der Waals surface area contributed by atoms with Gasteiger partial charge < -0.3 is 4.74 Å². The van der Waals surface area contributed by atoms with Gasteiger partial charge in [-0.05, 0) is 43.7 Å². The van der Waals surface area contributed by atoms with Gasteiger partial charge in [-0.1, -0.05) is 19.9 Å². The Morgan fingerprint density at radius 2 is 1.85 bits per heavy atom. The maximum atomic E-state index is 13.5. The Kier molecular flexibility index (Phi) is 6.18. The van der Waals surface area contributed by atoms with Crippen molar-refractivity contribution >= 4 is 26.7 Å². The van der Waals surface area contributed by atoms with E-state index in [1.807, 2.05) is 20.8 Å².